The Hall–Kier alpha value is -0.130. The predicted octanol–water partition coefficient (Wildman–Crippen LogP) is 2.12. The van der Waals surface area contributed by atoms with Gasteiger partial charge >= 0.3 is 0 Å². The molecule has 5 heteroatoms. The summed E-state index contributed by atoms with van der Waals surface area (Å²) in [5.41, 5.74) is -0.280. The minimum atomic E-state index is -3.20. The molecule has 0 spiro atoms. The van der Waals surface area contributed by atoms with Crippen LogP contribution in [0.25, 0.3) is 0 Å². The van der Waals surface area contributed by atoms with Crippen LogP contribution in [0.4, 0.5) is 0 Å². The lowest BCUT2D eigenvalue weighted by molar-refractivity contribution is 0.268. The van der Waals surface area contributed by atoms with Gasteiger partial charge in [0.25, 0.3) is 0 Å². The van der Waals surface area contributed by atoms with Gasteiger partial charge in [0.15, 0.2) is 0 Å². The summed E-state index contributed by atoms with van der Waals surface area (Å²) in [7, 11) is -3.20. The Morgan fingerprint density at radius 3 is 2.32 bits per heavy atom. The number of rotatable bonds is 5. The fourth-order valence-electron chi connectivity index (χ4n) is 3.20. The SMILES string of the molecule is CC(C)(C)CC(C)(C)NS(=O)(=O)CC1CCCNC1. The van der Waals surface area contributed by atoms with Crippen LogP contribution >= 0.6 is 0 Å². The molecule has 0 radical (unpaired) electrons. The summed E-state index contributed by atoms with van der Waals surface area (Å²) in [4.78, 5) is 0. The number of hydrogen-bond donors (Lipinski definition) is 2. The van der Waals surface area contributed by atoms with E-state index in [1.54, 1.807) is 0 Å². The van der Waals surface area contributed by atoms with Crippen molar-refractivity contribution in [1.29, 1.82) is 0 Å². The number of sulfonamides is 1. The minimum Gasteiger partial charge on any atom is -0.316 e. The van der Waals surface area contributed by atoms with Crippen LogP contribution in [-0.2, 0) is 10.0 Å². The zero-order chi connectivity index (χ0) is 14.7. The van der Waals surface area contributed by atoms with Crippen LogP contribution < -0.4 is 10.0 Å². The summed E-state index contributed by atoms with van der Waals surface area (Å²) >= 11 is 0. The van der Waals surface area contributed by atoms with E-state index in [0.717, 1.165) is 32.4 Å². The highest BCUT2D eigenvalue weighted by atomic mass is 32.2. The third-order valence-corrected chi connectivity index (χ3v) is 5.03. The average Bonchev–Trinajstić information content (AvgIpc) is 2.11. The van der Waals surface area contributed by atoms with Gasteiger partial charge in [-0.3, -0.25) is 0 Å². The molecule has 0 amide bonds. The minimum absolute atomic E-state index is 0.110. The van der Waals surface area contributed by atoms with Crippen molar-refractivity contribution in [2.24, 2.45) is 11.3 Å². The Morgan fingerprint density at radius 2 is 1.84 bits per heavy atom. The molecule has 0 bridgehead atoms. The van der Waals surface area contributed by atoms with Crippen molar-refractivity contribution in [3.63, 3.8) is 0 Å². The maximum absolute atomic E-state index is 12.3. The van der Waals surface area contributed by atoms with Crippen molar-refractivity contribution in [3.8, 4) is 0 Å². The van der Waals surface area contributed by atoms with E-state index < -0.39 is 10.0 Å². The van der Waals surface area contributed by atoms with Gasteiger partial charge in [-0.15, -0.1) is 0 Å². The van der Waals surface area contributed by atoms with Crippen LogP contribution in [0.15, 0.2) is 0 Å². The number of nitrogens with one attached hydrogen (secondary N) is 2. The Morgan fingerprint density at radius 1 is 1.21 bits per heavy atom. The lowest BCUT2D eigenvalue weighted by atomic mass is 9.82. The highest BCUT2D eigenvalue weighted by Gasteiger charge is 2.31. The van der Waals surface area contributed by atoms with Crippen molar-refractivity contribution >= 4 is 10.0 Å². The van der Waals surface area contributed by atoms with Crippen molar-refractivity contribution < 1.29 is 8.42 Å². The zero-order valence-corrected chi connectivity index (χ0v) is 13.9. The van der Waals surface area contributed by atoms with E-state index in [0.29, 0.717) is 0 Å². The molecule has 114 valence electrons. The fourth-order valence-corrected chi connectivity index (χ4v) is 5.10. The smallest absolute Gasteiger partial charge is 0.212 e. The summed E-state index contributed by atoms with van der Waals surface area (Å²) in [5.74, 6) is 0.491. The number of piperidine rings is 1. The maximum Gasteiger partial charge on any atom is 0.212 e. The molecule has 1 rings (SSSR count). The van der Waals surface area contributed by atoms with E-state index in [2.05, 4.69) is 30.8 Å². The molecule has 0 saturated carbocycles. The topological polar surface area (TPSA) is 58.2 Å². The average molecular weight is 290 g/mol. The van der Waals surface area contributed by atoms with Crippen LogP contribution in [0.1, 0.15) is 53.9 Å². The van der Waals surface area contributed by atoms with Crippen LogP contribution in [0.2, 0.25) is 0 Å². The first kappa shape index (κ1) is 16.9. The van der Waals surface area contributed by atoms with Gasteiger partial charge in [-0.05, 0) is 57.5 Å². The molecule has 1 fully saturated rings. The summed E-state index contributed by atoms with van der Waals surface area (Å²) in [6.45, 7) is 12.2. The molecule has 1 atom stereocenters. The normalized spacial score (nSPS) is 22.5. The highest BCUT2D eigenvalue weighted by molar-refractivity contribution is 7.89. The zero-order valence-electron chi connectivity index (χ0n) is 13.0. The van der Waals surface area contributed by atoms with Crippen LogP contribution in [-0.4, -0.2) is 32.8 Å². The van der Waals surface area contributed by atoms with E-state index in [9.17, 15) is 8.42 Å². The summed E-state index contributed by atoms with van der Waals surface area (Å²) in [5, 5.41) is 3.27. The first-order valence-electron chi connectivity index (χ1n) is 7.22. The lowest BCUT2D eigenvalue weighted by Crippen LogP contribution is -2.48. The van der Waals surface area contributed by atoms with Gasteiger partial charge in [0, 0.05) is 5.54 Å². The van der Waals surface area contributed by atoms with Gasteiger partial charge in [-0.1, -0.05) is 20.8 Å². The first-order chi connectivity index (χ1) is 8.49. The van der Waals surface area contributed by atoms with Gasteiger partial charge in [-0.2, -0.15) is 0 Å². The second kappa shape index (κ2) is 6.10. The number of hydrogen-bond acceptors (Lipinski definition) is 3. The molecule has 0 aliphatic carbocycles. The predicted molar refractivity (Wildman–Crippen MR) is 80.7 cm³/mol. The molecule has 1 unspecified atom stereocenters. The van der Waals surface area contributed by atoms with E-state index in [1.807, 2.05) is 13.8 Å². The Bertz CT molecular complexity index is 377. The summed E-state index contributed by atoms with van der Waals surface area (Å²) < 4.78 is 27.4. The molecular weight excluding hydrogens is 260 g/mol. The Kier molecular flexibility index (Phi) is 5.43. The van der Waals surface area contributed by atoms with Crippen LogP contribution in [0.3, 0.4) is 0 Å². The van der Waals surface area contributed by atoms with Crippen LogP contribution in [0, 0.1) is 11.3 Å². The Labute approximate surface area is 118 Å². The summed E-state index contributed by atoms with van der Waals surface area (Å²) in [6, 6.07) is 0. The van der Waals surface area contributed by atoms with Crippen molar-refractivity contribution in [2.45, 2.75) is 59.4 Å². The molecule has 0 aromatic rings. The second-order valence-corrected chi connectivity index (χ2v) is 9.48. The molecule has 0 aromatic heterocycles. The molecular formula is C14H30N2O2S. The van der Waals surface area contributed by atoms with Crippen LogP contribution in [0.5, 0.6) is 0 Å². The van der Waals surface area contributed by atoms with Crippen molar-refractivity contribution in [2.75, 3.05) is 18.8 Å². The highest BCUT2D eigenvalue weighted by Crippen LogP contribution is 2.27. The quantitative estimate of drug-likeness (QED) is 0.815. The third-order valence-electron chi connectivity index (χ3n) is 3.26. The van der Waals surface area contributed by atoms with E-state index in [4.69, 9.17) is 0 Å². The molecule has 4 nitrogen and oxygen atoms in total. The van der Waals surface area contributed by atoms with Gasteiger partial charge in [0.05, 0.1) is 5.75 Å². The van der Waals surface area contributed by atoms with Crippen molar-refractivity contribution in [3.05, 3.63) is 0 Å². The molecule has 2 N–H and O–H groups in total. The van der Waals surface area contributed by atoms with E-state index in [-0.39, 0.29) is 22.6 Å². The molecule has 1 saturated heterocycles. The van der Waals surface area contributed by atoms with Gasteiger partial charge < -0.3 is 5.32 Å². The monoisotopic (exact) mass is 290 g/mol. The molecule has 1 heterocycles. The van der Waals surface area contributed by atoms with E-state index >= 15 is 0 Å². The maximum atomic E-state index is 12.3. The van der Waals surface area contributed by atoms with Gasteiger partial charge in [0.1, 0.15) is 0 Å². The van der Waals surface area contributed by atoms with Gasteiger partial charge in [-0.25, -0.2) is 13.1 Å². The molecule has 1 aliphatic heterocycles. The Balaban J connectivity index is 2.57. The van der Waals surface area contributed by atoms with Crippen molar-refractivity contribution in [1.82, 2.24) is 10.0 Å². The fraction of sp³-hybridized carbons (Fsp3) is 1.00. The van der Waals surface area contributed by atoms with E-state index in [1.165, 1.54) is 0 Å². The largest absolute Gasteiger partial charge is 0.316 e. The summed E-state index contributed by atoms with van der Waals surface area (Å²) in [6.07, 6.45) is 2.90. The molecule has 1 aliphatic rings. The standard InChI is InChI=1S/C14H30N2O2S/c1-13(2,3)11-14(4,5)16-19(17,18)10-12-7-6-8-15-9-12/h12,15-16H,6-11H2,1-5H3. The molecule has 19 heavy (non-hydrogen) atoms. The first-order valence-corrected chi connectivity index (χ1v) is 8.87. The second-order valence-electron chi connectivity index (χ2n) is 7.72. The molecule has 0 aromatic carbocycles. The van der Waals surface area contributed by atoms with Gasteiger partial charge in [0.2, 0.25) is 10.0 Å². The third kappa shape index (κ3) is 7.28. The lowest BCUT2D eigenvalue weighted by Gasteiger charge is -2.33.